The Morgan fingerprint density at radius 3 is 2.61 bits per heavy atom. The first-order valence-electron chi connectivity index (χ1n) is 12.6. The molecule has 0 bridgehead atoms. The molecule has 3 fully saturated rings. The molecule has 0 radical (unpaired) electrons. The molecule has 3 nitrogen and oxygen atoms in total. The van der Waals surface area contributed by atoms with Crippen molar-refractivity contribution in [3.63, 3.8) is 0 Å². The van der Waals surface area contributed by atoms with E-state index in [-0.39, 0.29) is 5.92 Å². The Bertz CT molecular complexity index is 712. The van der Waals surface area contributed by atoms with Crippen LogP contribution in [0.1, 0.15) is 92.4 Å². The lowest BCUT2D eigenvalue weighted by Crippen LogP contribution is -2.36. The molecule has 3 saturated carbocycles. The molecule has 0 saturated heterocycles. The quantitative estimate of drug-likeness (QED) is 0.488. The average Bonchev–Trinajstić information content (AvgIpc) is 3.04. The molecule has 2 unspecified atom stereocenters. The van der Waals surface area contributed by atoms with Crippen LogP contribution in [0.2, 0.25) is 0 Å². The lowest BCUT2D eigenvalue weighted by molar-refractivity contribution is 0.0283. The zero-order chi connectivity index (χ0) is 23.0. The summed E-state index contributed by atoms with van der Waals surface area (Å²) < 4.78 is 0. The summed E-state index contributed by atoms with van der Waals surface area (Å²) in [7, 11) is 0. The van der Waals surface area contributed by atoms with Gasteiger partial charge < -0.3 is 15.3 Å². The van der Waals surface area contributed by atoms with Crippen molar-refractivity contribution in [1.82, 2.24) is 0 Å². The van der Waals surface area contributed by atoms with Gasteiger partial charge in [-0.3, -0.25) is 0 Å². The molecule has 0 aromatic carbocycles. The second-order valence-corrected chi connectivity index (χ2v) is 11.8. The van der Waals surface area contributed by atoms with Gasteiger partial charge >= 0.3 is 0 Å². The van der Waals surface area contributed by atoms with Crippen LogP contribution >= 0.6 is 0 Å². The third-order valence-corrected chi connectivity index (χ3v) is 8.97. The number of aliphatic hydroxyl groups is 3. The second-order valence-electron chi connectivity index (χ2n) is 11.8. The fourth-order valence-corrected chi connectivity index (χ4v) is 6.91. The van der Waals surface area contributed by atoms with Crippen LogP contribution in [-0.4, -0.2) is 33.1 Å². The smallest absolute Gasteiger partial charge is 0.0837 e. The van der Waals surface area contributed by atoms with Crippen molar-refractivity contribution in [2.45, 2.75) is 110 Å². The number of aliphatic hydroxyl groups excluding tert-OH is 2. The van der Waals surface area contributed by atoms with Gasteiger partial charge in [-0.25, -0.2) is 0 Å². The van der Waals surface area contributed by atoms with Gasteiger partial charge in [0, 0.05) is 5.92 Å². The van der Waals surface area contributed by atoms with Crippen molar-refractivity contribution in [3.05, 3.63) is 35.5 Å². The Hall–Kier alpha value is -0.900. The van der Waals surface area contributed by atoms with E-state index in [9.17, 15) is 15.3 Å². The highest BCUT2D eigenvalue weighted by Crippen LogP contribution is 2.60. The first-order chi connectivity index (χ1) is 14.4. The molecule has 7 atom stereocenters. The van der Waals surface area contributed by atoms with E-state index in [0.29, 0.717) is 23.7 Å². The van der Waals surface area contributed by atoms with E-state index in [0.717, 1.165) is 36.3 Å². The molecule has 0 aromatic rings. The van der Waals surface area contributed by atoms with Gasteiger partial charge in [0.1, 0.15) is 0 Å². The Morgan fingerprint density at radius 2 is 1.94 bits per heavy atom. The summed E-state index contributed by atoms with van der Waals surface area (Å²) in [6.07, 6.45) is 13.4. The van der Waals surface area contributed by atoms with E-state index < -0.39 is 17.8 Å². The van der Waals surface area contributed by atoms with Gasteiger partial charge in [0.25, 0.3) is 0 Å². The SMILES string of the molecule is C=C1C(=CC=C2CCC[C@@]3(C)C2CC[C@@H]3[C@H](C)CCCC(C)(C)O)C[C@@H](O)C(C)[C@@H]1O. The summed E-state index contributed by atoms with van der Waals surface area (Å²) in [5.74, 6) is 1.94. The molecular weight excluding hydrogens is 384 g/mol. The van der Waals surface area contributed by atoms with E-state index in [1.807, 2.05) is 20.8 Å². The molecule has 176 valence electrons. The maximum atomic E-state index is 10.4. The summed E-state index contributed by atoms with van der Waals surface area (Å²) in [5, 5.41) is 30.7. The Morgan fingerprint density at radius 1 is 1.23 bits per heavy atom. The van der Waals surface area contributed by atoms with Crippen molar-refractivity contribution in [2.24, 2.45) is 29.1 Å². The van der Waals surface area contributed by atoms with Gasteiger partial charge in [-0.15, -0.1) is 0 Å². The highest BCUT2D eigenvalue weighted by Gasteiger charge is 2.50. The Labute approximate surface area is 190 Å². The van der Waals surface area contributed by atoms with E-state index in [2.05, 4.69) is 32.6 Å². The molecule has 3 rings (SSSR count). The van der Waals surface area contributed by atoms with Gasteiger partial charge in [0.2, 0.25) is 0 Å². The molecule has 3 aliphatic carbocycles. The summed E-state index contributed by atoms with van der Waals surface area (Å²) in [4.78, 5) is 0. The maximum absolute atomic E-state index is 10.4. The monoisotopic (exact) mass is 430 g/mol. The Balaban J connectivity index is 1.71. The van der Waals surface area contributed by atoms with Crippen LogP contribution in [0.3, 0.4) is 0 Å². The molecular formula is C28H46O3. The maximum Gasteiger partial charge on any atom is 0.0837 e. The van der Waals surface area contributed by atoms with Gasteiger partial charge in [0.15, 0.2) is 0 Å². The predicted octanol–water partition coefficient (Wildman–Crippen LogP) is 5.95. The van der Waals surface area contributed by atoms with Crippen LogP contribution < -0.4 is 0 Å². The number of hydrogen-bond donors (Lipinski definition) is 3. The molecule has 3 aliphatic rings. The third kappa shape index (κ3) is 5.37. The largest absolute Gasteiger partial charge is 0.392 e. The minimum absolute atomic E-state index is 0.149. The highest BCUT2D eigenvalue weighted by atomic mass is 16.3. The molecule has 0 aromatic heterocycles. The van der Waals surface area contributed by atoms with Gasteiger partial charge in [-0.2, -0.15) is 0 Å². The minimum Gasteiger partial charge on any atom is -0.392 e. The molecule has 0 heterocycles. The van der Waals surface area contributed by atoms with Crippen LogP contribution in [0.4, 0.5) is 0 Å². The van der Waals surface area contributed by atoms with E-state index in [4.69, 9.17) is 0 Å². The van der Waals surface area contributed by atoms with Gasteiger partial charge in [-0.05, 0) is 93.1 Å². The van der Waals surface area contributed by atoms with Crippen molar-refractivity contribution in [3.8, 4) is 0 Å². The van der Waals surface area contributed by atoms with E-state index >= 15 is 0 Å². The van der Waals surface area contributed by atoms with E-state index in [1.54, 1.807) is 5.57 Å². The van der Waals surface area contributed by atoms with Crippen LogP contribution in [0.25, 0.3) is 0 Å². The first kappa shape index (κ1) is 24.7. The molecule has 3 heteroatoms. The van der Waals surface area contributed by atoms with Crippen molar-refractivity contribution in [2.75, 3.05) is 0 Å². The molecule has 0 spiro atoms. The van der Waals surface area contributed by atoms with Crippen LogP contribution in [0.15, 0.2) is 35.5 Å². The standard InChI is InChI=1S/C28H46O3/c1-18(9-7-15-27(4,5)31)23-13-14-24-21(10-8-16-28(23,24)6)11-12-22-17-25(29)20(3)26(30)19(22)2/h11-12,18,20,23-26,29-31H,2,7-10,13-17H2,1,3-6H3/t18-,20?,23-,24?,25-,26-,28-/m1/s1. The zero-order valence-electron chi connectivity index (χ0n) is 20.5. The summed E-state index contributed by atoms with van der Waals surface area (Å²) >= 11 is 0. The van der Waals surface area contributed by atoms with Crippen molar-refractivity contribution in [1.29, 1.82) is 0 Å². The molecule has 3 N–H and O–H groups in total. The summed E-state index contributed by atoms with van der Waals surface area (Å²) in [6, 6.07) is 0. The number of fused-ring (bicyclic) bond motifs is 1. The second kappa shape index (κ2) is 9.53. The molecule has 0 aliphatic heterocycles. The minimum atomic E-state index is -0.648. The fourth-order valence-electron chi connectivity index (χ4n) is 6.91. The van der Waals surface area contributed by atoms with Crippen LogP contribution in [0.5, 0.6) is 0 Å². The number of allylic oxidation sites excluding steroid dienone is 3. The normalized spacial score (nSPS) is 40.4. The first-order valence-corrected chi connectivity index (χ1v) is 12.6. The predicted molar refractivity (Wildman–Crippen MR) is 129 cm³/mol. The van der Waals surface area contributed by atoms with Crippen LogP contribution in [-0.2, 0) is 0 Å². The van der Waals surface area contributed by atoms with Gasteiger partial charge in [0.05, 0.1) is 17.8 Å². The Kier molecular flexibility index (Phi) is 7.61. The number of hydrogen-bond acceptors (Lipinski definition) is 3. The summed E-state index contributed by atoms with van der Waals surface area (Å²) in [6.45, 7) is 14.8. The zero-order valence-corrected chi connectivity index (χ0v) is 20.5. The fraction of sp³-hybridized carbons (Fsp3) is 0.786. The third-order valence-electron chi connectivity index (χ3n) is 8.97. The lowest BCUT2D eigenvalue weighted by atomic mass is 9.60. The molecule has 0 amide bonds. The van der Waals surface area contributed by atoms with E-state index in [1.165, 1.54) is 32.1 Å². The molecule has 31 heavy (non-hydrogen) atoms. The van der Waals surface area contributed by atoms with Crippen molar-refractivity contribution < 1.29 is 15.3 Å². The van der Waals surface area contributed by atoms with Crippen LogP contribution in [0, 0.1) is 29.1 Å². The highest BCUT2D eigenvalue weighted by molar-refractivity contribution is 5.39. The van der Waals surface area contributed by atoms with Crippen molar-refractivity contribution >= 4 is 0 Å². The topological polar surface area (TPSA) is 60.7 Å². The number of rotatable bonds is 6. The summed E-state index contributed by atoms with van der Waals surface area (Å²) in [5.41, 5.74) is 3.15. The average molecular weight is 431 g/mol. The van der Waals surface area contributed by atoms with Gasteiger partial charge in [-0.1, -0.05) is 57.9 Å². The lowest BCUT2D eigenvalue weighted by Gasteiger charge is -2.44.